The Labute approximate surface area is 175 Å². The Balaban J connectivity index is 1.42. The number of amides is 1. The average molecular weight is 412 g/mol. The molecule has 6 heteroatoms. The Kier molecular flexibility index (Phi) is 5.74. The third-order valence-corrected chi connectivity index (χ3v) is 7.39. The summed E-state index contributed by atoms with van der Waals surface area (Å²) in [7, 11) is -1.16. The van der Waals surface area contributed by atoms with Crippen molar-refractivity contribution in [2.75, 3.05) is 42.5 Å². The van der Waals surface area contributed by atoms with Gasteiger partial charge in [0.05, 0.1) is 4.90 Å². The van der Waals surface area contributed by atoms with Crippen molar-refractivity contribution in [3.05, 3.63) is 53.6 Å². The molecule has 1 unspecified atom stereocenters. The van der Waals surface area contributed by atoms with E-state index >= 15 is 0 Å². The fraction of sp³-hybridized carbons (Fsp3) is 0.435. The monoisotopic (exact) mass is 411 g/mol. The topological polar surface area (TPSA) is 43.9 Å². The van der Waals surface area contributed by atoms with Crippen LogP contribution in [0.15, 0.2) is 47.4 Å². The van der Waals surface area contributed by atoms with Crippen molar-refractivity contribution in [1.29, 1.82) is 0 Å². The van der Waals surface area contributed by atoms with E-state index in [9.17, 15) is 9.00 Å². The average Bonchev–Trinajstić information content (AvgIpc) is 3.17. The fourth-order valence-electron chi connectivity index (χ4n) is 4.16. The standard InChI is InChI=1S/C23H29N3O2S/c1-17(2)19-5-4-6-21(15-19)24-11-13-25(14-12-24)29(28)22-7-8-23-20(16-22)9-10-26(23)18(3)27/h4-8,15-17H,9-14H2,1-3H3. The number of piperazine rings is 1. The summed E-state index contributed by atoms with van der Waals surface area (Å²) >= 11 is 0. The van der Waals surface area contributed by atoms with E-state index in [4.69, 9.17) is 0 Å². The van der Waals surface area contributed by atoms with Crippen LogP contribution in [0.25, 0.3) is 0 Å². The minimum Gasteiger partial charge on any atom is -0.369 e. The molecule has 0 aromatic heterocycles. The minimum absolute atomic E-state index is 0.0651. The molecule has 154 valence electrons. The molecule has 2 aliphatic rings. The number of nitrogens with zero attached hydrogens (tertiary/aromatic N) is 3. The van der Waals surface area contributed by atoms with Crippen LogP contribution in [0.4, 0.5) is 11.4 Å². The van der Waals surface area contributed by atoms with E-state index in [1.807, 2.05) is 18.2 Å². The second kappa shape index (κ2) is 8.28. The lowest BCUT2D eigenvalue weighted by atomic mass is 10.0. The number of anilines is 2. The van der Waals surface area contributed by atoms with Gasteiger partial charge in [-0.05, 0) is 53.8 Å². The fourth-order valence-corrected chi connectivity index (χ4v) is 5.38. The van der Waals surface area contributed by atoms with Crippen molar-refractivity contribution in [3.8, 4) is 0 Å². The van der Waals surface area contributed by atoms with Crippen molar-refractivity contribution in [2.24, 2.45) is 0 Å². The molecule has 2 aromatic carbocycles. The maximum absolute atomic E-state index is 13.1. The number of carbonyl (C=O) groups is 1. The van der Waals surface area contributed by atoms with Gasteiger partial charge in [0, 0.05) is 51.0 Å². The summed E-state index contributed by atoms with van der Waals surface area (Å²) in [6.45, 7) is 10.0. The molecule has 1 amide bonds. The lowest BCUT2D eigenvalue weighted by molar-refractivity contribution is -0.116. The highest BCUT2D eigenvalue weighted by Crippen LogP contribution is 2.30. The minimum atomic E-state index is -1.16. The predicted octanol–water partition coefficient (Wildman–Crippen LogP) is 3.56. The van der Waals surface area contributed by atoms with Gasteiger partial charge in [0.2, 0.25) is 5.91 Å². The van der Waals surface area contributed by atoms with Crippen molar-refractivity contribution in [1.82, 2.24) is 4.31 Å². The van der Waals surface area contributed by atoms with Crippen molar-refractivity contribution >= 4 is 28.3 Å². The normalized spacial score (nSPS) is 18.2. The maximum Gasteiger partial charge on any atom is 0.223 e. The predicted molar refractivity (Wildman–Crippen MR) is 119 cm³/mol. The Morgan fingerprint density at radius 2 is 1.76 bits per heavy atom. The van der Waals surface area contributed by atoms with Crippen molar-refractivity contribution in [2.45, 2.75) is 38.0 Å². The molecule has 0 spiro atoms. The van der Waals surface area contributed by atoms with Crippen LogP contribution in [0.5, 0.6) is 0 Å². The van der Waals surface area contributed by atoms with E-state index in [-0.39, 0.29) is 5.91 Å². The first-order valence-electron chi connectivity index (χ1n) is 10.4. The summed E-state index contributed by atoms with van der Waals surface area (Å²) in [5.74, 6) is 0.581. The van der Waals surface area contributed by atoms with Gasteiger partial charge in [-0.1, -0.05) is 26.0 Å². The SMILES string of the molecule is CC(=O)N1CCc2cc(S(=O)N3CCN(c4cccc(C(C)C)c4)CC3)ccc21. The first-order valence-corrected chi connectivity index (χ1v) is 11.5. The van der Waals surface area contributed by atoms with Crippen LogP contribution in [0.1, 0.15) is 37.8 Å². The van der Waals surface area contributed by atoms with Gasteiger partial charge in [-0.3, -0.25) is 4.79 Å². The molecule has 5 nitrogen and oxygen atoms in total. The van der Waals surface area contributed by atoms with Crippen molar-refractivity contribution < 1.29 is 9.00 Å². The van der Waals surface area contributed by atoms with Crippen LogP contribution >= 0.6 is 0 Å². The van der Waals surface area contributed by atoms with E-state index in [0.717, 1.165) is 55.3 Å². The molecule has 0 saturated carbocycles. The van der Waals surface area contributed by atoms with E-state index in [0.29, 0.717) is 5.92 Å². The van der Waals surface area contributed by atoms with E-state index in [1.54, 1.807) is 11.8 Å². The second-order valence-electron chi connectivity index (χ2n) is 8.13. The molecule has 29 heavy (non-hydrogen) atoms. The molecule has 0 bridgehead atoms. The maximum atomic E-state index is 13.1. The summed E-state index contributed by atoms with van der Waals surface area (Å²) in [6.07, 6.45) is 0.833. The molecule has 2 aliphatic heterocycles. The van der Waals surface area contributed by atoms with Gasteiger partial charge in [-0.15, -0.1) is 0 Å². The van der Waals surface area contributed by atoms with Gasteiger partial charge >= 0.3 is 0 Å². The Bertz CT molecular complexity index is 935. The Morgan fingerprint density at radius 1 is 1.00 bits per heavy atom. The third-order valence-electron chi connectivity index (χ3n) is 5.90. The lowest BCUT2D eigenvalue weighted by Gasteiger charge is -2.35. The number of fused-ring (bicyclic) bond motifs is 1. The van der Waals surface area contributed by atoms with Crippen LogP contribution in [0, 0.1) is 0 Å². The zero-order valence-corrected chi connectivity index (χ0v) is 18.2. The van der Waals surface area contributed by atoms with Gasteiger partial charge in [0.15, 0.2) is 0 Å². The van der Waals surface area contributed by atoms with Crippen LogP contribution in [-0.4, -0.2) is 47.1 Å². The summed E-state index contributed by atoms with van der Waals surface area (Å²) in [4.78, 5) is 16.8. The lowest BCUT2D eigenvalue weighted by Crippen LogP contribution is -2.47. The molecular weight excluding hydrogens is 382 g/mol. The molecule has 0 radical (unpaired) electrons. The molecule has 1 fully saturated rings. The molecule has 0 aliphatic carbocycles. The first-order chi connectivity index (χ1) is 13.9. The smallest absolute Gasteiger partial charge is 0.223 e. The van der Waals surface area contributed by atoms with Crippen molar-refractivity contribution in [3.63, 3.8) is 0 Å². The number of hydrogen-bond acceptors (Lipinski definition) is 3. The highest BCUT2D eigenvalue weighted by atomic mass is 32.2. The second-order valence-corrected chi connectivity index (χ2v) is 9.61. The molecule has 1 atom stereocenters. The summed E-state index contributed by atoms with van der Waals surface area (Å²) in [5, 5.41) is 0. The van der Waals surface area contributed by atoms with E-state index in [2.05, 4.69) is 47.3 Å². The molecule has 2 aromatic rings. The van der Waals surface area contributed by atoms with Gasteiger partial charge < -0.3 is 9.80 Å². The number of carbonyl (C=O) groups excluding carboxylic acids is 1. The van der Waals surface area contributed by atoms with Gasteiger partial charge in [-0.25, -0.2) is 8.51 Å². The highest BCUT2D eigenvalue weighted by molar-refractivity contribution is 7.82. The first kappa shape index (κ1) is 20.1. The van der Waals surface area contributed by atoms with Gasteiger partial charge in [0.25, 0.3) is 0 Å². The quantitative estimate of drug-likeness (QED) is 0.773. The van der Waals surface area contributed by atoms with Gasteiger partial charge in [0.1, 0.15) is 11.0 Å². The van der Waals surface area contributed by atoms with Crippen LogP contribution in [0.3, 0.4) is 0 Å². The summed E-state index contributed by atoms with van der Waals surface area (Å²) in [5.41, 5.74) is 4.69. The van der Waals surface area contributed by atoms with E-state index in [1.165, 1.54) is 11.3 Å². The van der Waals surface area contributed by atoms with Crippen LogP contribution in [0.2, 0.25) is 0 Å². The molecule has 1 saturated heterocycles. The summed E-state index contributed by atoms with van der Waals surface area (Å²) in [6, 6.07) is 14.6. The zero-order valence-electron chi connectivity index (χ0n) is 17.4. The largest absolute Gasteiger partial charge is 0.369 e. The highest BCUT2D eigenvalue weighted by Gasteiger charge is 2.26. The van der Waals surface area contributed by atoms with Crippen LogP contribution in [-0.2, 0) is 22.2 Å². The van der Waals surface area contributed by atoms with Crippen LogP contribution < -0.4 is 9.80 Å². The Hall–Kier alpha value is -2.18. The molecular formula is C23H29N3O2S. The number of benzene rings is 2. The van der Waals surface area contributed by atoms with E-state index < -0.39 is 11.0 Å². The molecule has 2 heterocycles. The number of hydrogen-bond donors (Lipinski definition) is 0. The van der Waals surface area contributed by atoms with Gasteiger partial charge in [-0.2, -0.15) is 0 Å². The molecule has 4 rings (SSSR count). The Morgan fingerprint density at radius 3 is 2.45 bits per heavy atom. The number of rotatable bonds is 4. The zero-order chi connectivity index (χ0) is 20.5. The summed E-state index contributed by atoms with van der Waals surface area (Å²) < 4.78 is 15.2. The third kappa shape index (κ3) is 4.09. The molecule has 0 N–H and O–H groups in total.